The van der Waals surface area contributed by atoms with Crippen LogP contribution in [0.2, 0.25) is 0 Å². The van der Waals surface area contributed by atoms with Gasteiger partial charge < -0.3 is 9.53 Å². The summed E-state index contributed by atoms with van der Waals surface area (Å²) in [7, 11) is 0. The van der Waals surface area contributed by atoms with Crippen molar-refractivity contribution in [3.05, 3.63) is 35.4 Å². The van der Waals surface area contributed by atoms with Crippen molar-refractivity contribution in [1.29, 1.82) is 0 Å². The summed E-state index contributed by atoms with van der Waals surface area (Å²) < 4.78 is 5.33. The van der Waals surface area contributed by atoms with Crippen LogP contribution in [0.4, 0.5) is 0 Å². The maximum atomic E-state index is 11.9. The van der Waals surface area contributed by atoms with Gasteiger partial charge in [-0.3, -0.25) is 4.79 Å². The molecule has 1 aromatic rings. The van der Waals surface area contributed by atoms with E-state index in [1.807, 2.05) is 45.0 Å². The molecule has 0 bridgehead atoms. The van der Waals surface area contributed by atoms with Crippen LogP contribution in [0.15, 0.2) is 24.3 Å². The highest BCUT2D eigenvalue weighted by molar-refractivity contribution is 5.77. The van der Waals surface area contributed by atoms with Crippen LogP contribution >= 0.6 is 0 Å². The zero-order chi connectivity index (χ0) is 14.1. The molecule has 0 fully saturated rings. The van der Waals surface area contributed by atoms with E-state index in [0.29, 0.717) is 12.8 Å². The van der Waals surface area contributed by atoms with Gasteiger partial charge in [0.1, 0.15) is 11.9 Å². The molecule has 0 saturated heterocycles. The first kappa shape index (κ1) is 13.8. The highest BCUT2D eigenvalue weighted by Crippen LogP contribution is 2.38. The molecule has 0 aliphatic heterocycles. The number of hydrogen-bond acceptors (Lipinski definition) is 3. The minimum Gasteiger partial charge on any atom is -0.460 e. The lowest BCUT2D eigenvalue weighted by molar-refractivity contribution is -0.158. The predicted molar refractivity (Wildman–Crippen MR) is 72.8 cm³/mol. The number of esters is 1. The van der Waals surface area contributed by atoms with Crippen molar-refractivity contribution in [3.63, 3.8) is 0 Å². The van der Waals surface area contributed by atoms with Crippen molar-refractivity contribution >= 4 is 12.3 Å². The topological polar surface area (TPSA) is 43.4 Å². The summed E-state index contributed by atoms with van der Waals surface area (Å²) in [6, 6.07) is 7.98. The fourth-order valence-electron chi connectivity index (χ4n) is 2.64. The first-order valence-corrected chi connectivity index (χ1v) is 6.59. The third-order valence-corrected chi connectivity index (χ3v) is 3.37. The van der Waals surface area contributed by atoms with Gasteiger partial charge >= 0.3 is 5.97 Å². The first-order chi connectivity index (χ1) is 8.84. The van der Waals surface area contributed by atoms with Crippen molar-refractivity contribution in [2.75, 3.05) is 0 Å². The maximum absolute atomic E-state index is 11.9. The van der Waals surface area contributed by atoms with Gasteiger partial charge in [-0.15, -0.1) is 0 Å². The molecule has 0 saturated carbocycles. The molecule has 1 aromatic carbocycles. The molecule has 1 aliphatic carbocycles. The number of aldehydes is 1. The minimum atomic E-state index is -0.619. The van der Waals surface area contributed by atoms with Crippen LogP contribution in [0.5, 0.6) is 0 Å². The predicted octanol–water partition coefficient (Wildman–Crippen LogP) is 2.70. The largest absolute Gasteiger partial charge is 0.460 e. The van der Waals surface area contributed by atoms with Crippen molar-refractivity contribution in [1.82, 2.24) is 0 Å². The number of carbonyl (C=O) groups excluding carboxylic acids is 2. The smallest absolute Gasteiger partial charge is 0.307 e. The monoisotopic (exact) mass is 260 g/mol. The third kappa shape index (κ3) is 3.22. The second-order valence-corrected chi connectivity index (χ2v) is 6.37. The Morgan fingerprint density at radius 1 is 1.26 bits per heavy atom. The fourth-order valence-corrected chi connectivity index (χ4v) is 2.64. The summed E-state index contributed by atoms with van der Waals surface area (Å²) in [5, 5.41) is 0. The summed E-state index contributed by atoms with van der Waals surface area (Å²) in [5.74, 6) is -0.299. The van der Waals surface area contributed by atoms with Gasteiger partial charge in [0, 0.05) is 5.41 Å². The van der Waals surface area contributed by atoms with Gasteiger partial charge in [0.25, 0.3) is 0 Å². The van der Waals surface area contributed by atoms with E-state index >= 15 is 0 Å². The highest BCUT2D eigenvalue weighted by Gasteiger charge is 2.40. The summed E-state index contributed by atoms with van der Waals surface area (Å²) in [4.78, 5) is 23.4. The van der Waals surface area contributed by atoms with Gasteiger partial charge in [-0.25, -0.2) is 0 Å². The molecule has 0 heterocycles. The number of carbonyl (C=O) groups is 2. The highest BCUT2D eigenvalue weighted by atomic mass is 16.6. The number of fused-ring (bicyclic) bond motifs is 1. The molecule has 0 radical (unpaired) electrons. The molecule has 3 nitrogen and oxygen atoms in total. The third-order valence-electron chi connectivity index (χ3n) is 3.37. The molecule has 0 atom stereocenters. The average molecular weight is 260 g/mol. The van der Waals surface area contributed by atoms with E-state index in [-0.39, 0.29) is 12.4 Å². The number of hydrogen-bond donors (Lipinski definition) is 0. The molecule has 19 heavy (non-hydrogen) atoms. The van der Waals surface area contributed by atoms with E-state index in [1.54, 1.807) is 0 Å². The first-order valence-electron chi connectivity index (χ1n) is 6.59. The van der Waals surface area contributed by atoms with Crippen molar-refractivity contribution < 1.29 is 14.3 Å². The summed E-state index contributed by atoms with van der Waals surface area (Å²) in [6.45, 7) is 5.51. The standard InChI is InChI=1S/C16H20O3/c1-15(2,3)19-14(18)10-16(11-17)8-12-6-4-5-7-13(12)9-16/h4-7,11H,8-10H2,1-3H3. The Labute approximate surface area is 114 Å². The fraction of sp³-hybridized carbons (Fsp3) is 0.500. The van der Waals surface area contributed by atoms with Crippen molar-refractivity contribution in [2.45, 2.75) is 45.6 Å². The summed E-state index contributed by atoms with van der Waals surface area (Å²) >= 11 is 0. The van der Waals surface area contributed by atoms with Crippen LogP contribution in [0.1, 0.15) is 38.3 Å². The summed E-state index contributed by atoms with van der Waals surface area (Å²) in [5.41, 5.74) is 1.20. The lowest BCUT2D eigenvalue weighted by atomic mass is 9.83. The SMILES string of the molecule is CC(C)(C)OC(=O)CC1(C=O)Cc2ccccc2C1. The van der Waals surface area contributed by atoms with E-state index in [4.69, 9.17) is 4.74 Å². The van der Waals surface area contributed by atoms with Crippen LogP contribution in [-0.4, -0.2) is 17.9 Å². The van der Waals surface area contributed by atoms with Crippen LogP contribution in [0, 0.1) is 5.41 Å². The lowest BCUT2D eigenvalue weighted by Crippen LogP contribution is -2.32. The van der Waals surface area contributed by atoms with Crippen molar-refractivity contribution in [2.24, 2.45) is 5.41 Å². The zero-order valence-corrected chi connectivity index (χ0v) is 11.7. The summed E-state index contributed by atoms with van der Waals surface area (Å²) in [6.07, 6.45) is 2.34. The Hall–Kier alpha value is -1.64. The minimum absolute atomic E-state index is 0.155. The van der Waals surface area contributed by atoms with Crippen LogP contribution in [0.3, 0.4) is 0 Å². The van der Waals surface area contributed by atoms with E-state index < -0.39 is 11.0 Å². The zero-order valence-electron chi connectivity index (χ0n) is 11.7. The van der Waals surface area contributed by atoms with E-state index in [0.717, 1.165) is 17.4 Å². The Bertz CT molecular complexity index is 472. The van der Waals surface area contributed by atoms with Gasteiger partial charge in [0.15, 0.2) is 0 Å². The van der Waals surface area contributed by atoms with Crippen LogP contribution < -0.4 is 0 Å². The molecule has 1 aliphatic rings. The van der Waals surface area contributed by atoms with Gasteiger partial charge in [-0.2, -0.15) is 0 Å². The second-order valence-electron chi connectivity index (χ2n) is 6.37. The number of rotatable bonds is 3. The van der Waals surface area contributed by atoms with E-state index in [2.05, 4.69) is 0 Å². The molecular weight excluding hydrogens is 240 g/mol. The Kier molecular flexibility index (Phi) is 3.48. The lowest BCUT2D eigenvalue weighted by Gasteiger charge is -2.25. The second kappa shape index (κ2) is 4.80. The molecule has 0 aromatic heterocycles. The van der Waals surface area contributed by atoms with Gasteiger partial charge in [-0.05, 0) is 44.7 Å². The molecule has 0 spiro atoms. The Morgan fingerprint density at radius 3 is 2.21 bits per heavy atom. The maximum Gasteiger partial charge on any atom is 0.307 e. The normalized spacial score (nSPS) is 16.8. The number of ether oxygens (including phenoxy) is 1. The van der Waals surface area contributed by atoms with Crippen LogP contribution in [0.25, 0.3) is 0 Å². The van der Waals surface area contributed by atoms with Crippen LogP contribution in [-0.2, 0) is 27.2 Å². The molecular formula is C16H20O3. The molecule has 102 valence electrons. The van der Waals surface area contributed by atoms with Crippen molar-refractivity contribution in [3.8, 4) is 0 Å². The average Bonchev–Trinajstić information content (AvgIpc) is 2.64. The molecule has 2 rings (SSSR count). The molecule has 0 N–H and O–H groups in total. The van der Waals surface area contributed by atoms with E-state index in [1.165, 1.54) is 0 Å². The molecule has 0 unspecified atom stereocenters. The Morgan fingerprint density at radius 2 is 1.79 bits per heavy atom. The van der Waals surface area contributed by atoms with Gasteiger partial charge in [0.05, 0.1) is 6.42 Å². The van der Waals surface area contributed by atoms with E-state index in [9.17, 15) is 9.59 Å². The quantitative estimate of drug-likeness (QED) is 0.620. The van der Waals surface area contributed by atoms with Gasteiger partial charge in [0.2, 0.25) is 0 Å². The molecule has 3 heteroatoms. The number of benzene rings is 1. The Balaban J connectivity index is 2.11. The molecule has 0 amide bonds. The van der Waals surface area contributed by atoms with Gasteiger partial charge in [-0.1, -0.05) is 24.3 Å².